The molecule has 0 unspecified atom stereocenters. The summed E-state index contributed by atoms with van der Waals surface area (Å²) in [5, 5.41) is 7.22. The minimum Gasteiger partial charge on any atom is -0.335 e. The molecule has 6 aromatic rings. The number of thiophene rings is 1. The molecule has 0 amide bonds. The molecule has 0 saturated heterocycles. The van der Waals surface area contributed by atoms with Crippen LogP contribution in [0.25, 0.3) is 55.4 Å². The summed E-state index contributed by atoms with van der Waals surface area (Å²) in [5.41, 5.74) is 6.05. The standard InChI is InChI=1S/C21H15FN8S/c1-10-24-9-15(30(10)2)12-3-4-13-19(25-12)20(29-28-13)21-26-14-8-23-7-11(18(14)27-21)16-5-6-17(22)31-16/h3-9H,1-2H3,(H,26,27)(H,28,29). The van der Waals surface area contributed by atoms with Crippen molar-refractivity contribution >= 4 is 33.4 Å². The zero-order valence-electron chi connectivity index (χ0n) is 16.5. The first-order chi connectivity index (χ1) is 15.1. The van der Waals surface area contributed by atoms with Crippen molar-refractivity contribution in [2.45, 2.75) is 6.92 Å². The largest absolute Gasteiger partial charge is 0.335 e. The number of imidazole rings is 2. The van der Waals surface area contributed by atoms with Gasteiger partial charge in [0.15, 0.2) is 16.6 Å². The minimum atomic E-state index is -0.247. The summed E-state index contributed by atoms with van der Waals surface area (Å²) in [6, 6.07) is 7.06. The van der Waals surface area contributed by atoms with Gasteiger partial charge in [-0.3, -0.25) is 10.1 Å². The fourth-order valence-electron chi connectivity index (χ4n) is 3.63. The molecule has 0 radical (unpaired) electrons. The van der Waals surface area contributed by atoms with E-state index in [-0.39, 0.29) is 5.13 Å². The predicted octanol–water partition coefficient (Wildman–Crippen LogP) is 4.47. The maximum Gasteiger partial charge on any atom is 0.176 e. The van der Waals surface area contributed by atoms with E-state index in [1.807, 2.05) is 36.9 Å². The molecule has 0 aromatic carbocycles. The van der Waals surface area contributed by atoms with Crippen LogP contribution in [0.5, 0.6) is 0 Å². The van der Waals surface area contributed by atoms with Crippen LogP contribution in [-0.4, -0.2) is 39.7 Å². The van der Waals surface area contributed by atoms with Crippen LogP contribution in [0.15, 0.2) is 42.9 Å². The van der Waals surface area contributed by atoms with E-state index in [1.54, 1.807) is 18.5 Å². The topological polar surface area (TPSA) is 101 Å². The van der Waals surface area contributed by atoms with Gasteiger partial charge in [0.1, 0.15) is 16.9 Å². The first-order valence-electron chi connectivity index (χ1n) is 9.52. The number of rotatable bonds is 3. The third-order valence-corrected chi connectivity index (χ3v) is 6.25. The van der Waals surface area contributed by atoms with Crippen molar-refractivity contribution in [1.29, 1.82) is 0 Å². The lowest BCUT2D eigenvalue weighted by molar-refractivity contribution is 0.657. The smallest absolute Gasteiger partial charge is 0.176 e. The van der Waals surface area contributed by atoms with Crippen molar-refractivity contribution in [3.8, 4) is 33.3 Å². The van der Waals surface area contributed by atoms with Crippen LogP contribution in [0.2, 0.25) is 0 Å². The van der Waals surface area contributed by atoms with E-state index in [1.165, 1.54) is 6.07 Å². The zero-order chi connectivity index (χ0) is 21.1. The molecule has 6 rings (SSSR count). The molecule has 10 heteroatoms. The van der Waals surface area contributed by atoms with Gasteiger partial charge in [-0.25, -0.2) is 15.0 Å². The van der Waals surface area contributed by atoms with Gasteiger partial charge in [0.2, 0.25) is 0 Å². The van der Waals surface area contributed by atoms with E-state index >= 15 is 0 Å². The highest BCUT2D eigenvalue weighted by Crippen LogP contribution is 2.34. The van der Waals surface area contributed by atoms with E-state index in [0.29, 0.717) is 22.6 Å². The summed E-state index contributed by atoms with van der Waals surface area (Å²) < 4.78 is 15.6. The third kappa shape index (κ3) is 2.76. The molecule has 152 valence electrons. The number of aromatic nitrogens is 8. The molecule has 6 aromatic heterocycles. The summed E-state index contributed by atoms with van der Waals surface area (Å²) in [6.45, 7) is 1.95. The molecule has 6 heterocycles. The van der Waals surface area contributed by atoms with Gasteiger partial charge in [-0.1, -0.05) is 0 Å². The Kier molecular flexibility index (Phi) is 3.78. The average Bonchev–Trinajstić information content (AvgIpc) is 3.54. The number of aromatic amines is 2. The first-order valence-corrected chi connectivity index (χ1v) is 10.3. The van der Waals surface area contributed by atoms with Crippen molar-refractivity contribution < 1.29 is 4.39 Å². The third-order valence-electron chi connectivity index (χ3n) is 5.35. The van der Waals surface area contributed by atoms with Crippen molar-refractivity contribution in [3.63, 3.8) is 0 Å². The Morgan fingerprint density at radius 1 is 1.00 bits per heavy atom. The van der Waals surface area contributed by atoms with Gasteiger partial charge < -0.3 is 9.55 Å². The van der Waals surface area contributed by atoms with Gasteiger partial charge in [-0.15, -0.1) is 11.3 Å². The molecule has 31 heavy (non-hydrogen) atoms. The van der Waals surface area contributed by atoms with Crippen LogP contribution in [0.1, 0.15) is 5.82 Å². The normalized spacial score (nSPS) is 11.7. The lowest BCUT2D eigenvalue weighted by Gasteiger charge is -2.03. The number of pyridine rings is 2. The molecular formula is C21H15FN8S. The monoisotopic (exact) mass is 430 g/mol. The number of hydrogen-bond acceptors (Lipinski definition) is 6. The Morgan fingerprint density at radius 2 is 1.90 bits per heavy atom. The van der Waals surface area contributed by atoms with Crippen molar-refractivity contribution in [2.75, 3.05) is 0 Å². The molecular weight excluding hydrogens is 415 g/mol. The zero-order valence-corrected chi connectivity index (χ0v) is 17.3. The van der Waals surface area contributed by atoms with Gasteiger partial charge in [0, 0.05) is 23.7 Å². The summed E-state index contributed by atoms with van der Waals surface area (Å²) in [6.07, 6.45) is 5.20. The lowest BCUT2D eigenvalue weighted by Crippen LogP contribution is -1.96. The fourth-order valence-corrected chi connectivity index (χ4v) is 4.37. The lowest BCUT2D eigenvalue weighted by atomic mass is 10.2. The molecule has 0 fully saturated rings. The molecule has 8 nitrogen and oxygen atoms in total. The fraction of sp³-hybridized carbons (Fsp3) is 0.0952. The number of H-pyrrole nitrogens is 2. The summed E-state index contributed by atoms with van der Waals surface area (Å²) in [4.78, 5) is 22.3. The van der Waals surface area contributed by atoms with Crippen LogP contribution < -0.4 is 0 Å². The number of fused-ring (bicyclic) bond motifs is 2. The second-order valence-electron chi connectivity index (χ2n) is 7.19. The molecule has 2 N–H and O–H groups in total. The van der Waals surface area contributed by atoms with Crippen molar-refractivity contribution in [2.24, 2.45) is 7.05 Å². The Labute approximate surface area is 178 Å². The van der Waals surface area contributed by atoms with E-state index in [4.69, 9.17) is 9.97 Å². The predicted molar refractivity (Wildman–Crippen MR) is 117 cm³/mol. The van der Waals surface area contributed by atoms with Crippen LogP contribution >= 0.6 is 11.3 Å². The number of nitrogens with one attached hydrogen (secondary N) is 2. The Morgan fingerprint density at radius 3 is 2.68 bits per heavy atom. The second kappa shape index (κ2) is 6.54. The molecule has 0 bridgehead atoms. The van der Waals surface area contributed by atoms with Crippen molar-refractivity contribution in [3.05, 3.63) is 53.8 Å². The highest BCUT2D eigenvalue weighted by molar-refractivity contribution is 7.14. The van der Waals surface area contributed by atoms with Gasteiger partial charge >= 0.3 is 0 Å². The number of nitrogens with zero attached hydrogens (tertiary/aromatic N) is 6. The average molecular weight is 430 g/mol. The van der Waals surface area contributed by atoms with Gasteiger partial charge in [0.05, 0.1) is 34.8 Å². The van der Waals surface area contributed by atoms with Crippen LogP contribution in [0.4, 0.5) is 4.39 Å². The molecule has 0 aliphatic rings. The van der Waals surface area contributed by atoms with Crippen LogP contribution in [-0.2, 0) is 7.05 Å². The van der Waals surface area contributed by atoms with Gasteiger partial charge in [-0.05, 0) is 31.2 Å². The van der Waals surface area contributed by atoms with Crippen LogP contribution in [0, 0.1) is 12.1 Å². The Hall–Kier alpha value is -3.92. The summed E-state index contributed by atoms with van der Waals surface area (Å²) in [5.74, 6) is 1.48. The van der Waals surface area contributed by atoms with E-state index in [2.05, 4.69) is 25.1 Å². The molecule has 0 aliphatic heterocycles. The molecule has 0 spiro atoms. The minimum absolute atomic E-state index is 0.247. The molecule has 0 saturated carbocycles. The number of hydrogen-bond donors (Lipinski definition) is 2. The SMILES string of the molecule is Cc1ncc(-c2ccc3[nH]nc(-c4nc5c(-c6ccc(F)s6)cncc5[nH]4)c3n2)n1C. The quantitative estimate of drug-likeness (QED) is 0.431. The first kappa shape index (κ1) is 17.9. The molecule has 0 aliphatic carbocycles. The number of halogens is 1. The van der Waals surface area contributed by atoms with E-state index < -0.39 is 0 Å². The highest BCUT2D eigenvalue weighted by atomic mass is 32.1. The van der Waals surface area contributed by atoms with Crippen LogP contribution in [0.3, 0.4) is 0 Å². The highest BCUT2D eigenvalue weighted by Gasteiger charge is 2.18. The van der Waals surface area contributed by atoms with Crippen molar-refractivity contribution in [1.82, 2.24) is 39.7 Å². The molecule has 0 atom stereocenters. The summed E-state index contributed by atoms with van der Waals surface area (Å²) >= 11 is 1.06. The van der Waals surface area contributed by atoms with E-state index in [9.17, 15) is 4.39 Å². The van der Waals surface area contributed by atoms with E-state index in [0.717, 1.165) is 50.0 Å². The Balaban J connectivity index is 1.52. The summed E-state index contributed by atoms with van der Waals surface area (Å²) in [7, 11) is 1.96. The second-order valence-corrected chi connectivity index (χ2v) is 8.22. The van der Waals surface area contributed by atoms with Gasteiger partial charge in [-0.2, -0.15) is 9.49 Å². The number of aryl methyl sites for hydroxylation is 1. The Bertz CT molecular complexity index is 1590. The maximum absolute atomic E-state index is 13.6. The maximum atomic E-state index is 13.6. The van der Waals surface area contributed by atoms with Gasteiger partial charge in [0.25, 0.3) is 0 Å².